The predicted octanol–water partition coefficient (Wildman–Crippen LogP) is 13.7. The Morgan fingerprint density at radius 1 is 0.604 bits per heavy atom. The van der Waals surface area contributed by atoms with Gasteiger partial charge in [-0.2, -0.15) is 4.98 Å². The summed E-state index contributed by atoms with van der Waals surface area (Å²) in [7, 11) is 3.83. The molecule has 0 saturated carbocycles. The standard InChI is InChI=1S/C47H80N2O4/c1-6-8-10-12-14-16-18-20-22-24-26-28-30-32-34-36-38-52-44-40-43(47(3,49(4)5)42-46(50)51)41-45(48-44)53-39-37-35-33-31-29-27-25-23-21-19-17-15-13-11-9-7-2/h14-17,20-23,40-41H,6-13,18-19,24-39,42H2,1-5H3,(H,50,51)/b16-14-,17-15-,22-20-,23-21-. The highest BCUT2D eigenvalue weighted by Gasteiger charge is 2.33. The number of allylic oxidation sites excluding steroid dienone is 8. The molecule has 1 N–H and O–H groups in total. The van der Waals surface area contributed by atoms with Crippen molar-refractivity contribution in [1.29, 1.82) is 0 Å². The minimum atomic E-state index is -0.842. The molecular weight excluding hydrogens is 657 g/mol. The van der Waals surface area contributed by atoms with Gasteiger partial charge in [-0.15, -0.1) is 0 Å². The number of pyridine rings is 1. The molecule has 0 radical (unpaired) electrons. The summed E-state index contributed by atoms with van der Waals surface area (Å²) in [6.07, 6.45) is 47.4. The fraction of sp³-hybridized carbons (Fsp3) is 0.702. The third-order valence-electron chi connectivity index (χ3n) is 10.1. The number of carboxylic acid groups (broad SMARTS) is 1. The maximum absolute atomic E-state index is 11.8. The van der Waals surface area contributed by atoms with E-state index in [1.54, 1.807) is 0 Å². The summed E-state index contributed by atoms with van der Waals surface area (Å²) in [5.41, 5.74) is 0.129. The summed E-state index contributed by atoms with van der Waals surface area (Å²) in [4.78, 5) is 18.5. The summed E-state index contributed by atoms with van der Waals surface area (Å²) in [5.74, 6) is 0.178. The zero-order chi connectivity index (χ0) is 38.7. The smallest absolute Gasteiger partial charge is 0.305 e. The first-order valence-corrected chi connectivity index (χ1v) is 21.6. The lowest BCUT2D eigenvalue weighted by atomic mass is 9.88. The number of rotatable bonds is 36. The molecule has 0 aliphatic rings. The quantitative estimate of drug-likeness (QED) is 0.0546. The Hall–Kier alpha value is -2.86. The van der Waals surface area contributed by atoms with Gasteiger partial charge in [0.15, 0.2) is 0 Å². The van der Waals surface area contributed by atoms with E-state index in [4.69, 9.17) is 9.47 Å². The van der Waals surface area contributed by atoms with Gasteiger partial charge in [0.05, 0.1) is 25.2 Å². The van der Waals surface area contributed by atoms with E-state index >= 15 is 0 Å². The molecule has 0 fully saturated rings. The summed E-state index contributed by atoms with van der Waals surface area (Å²) in [6.45, 7) is 7.64. The number of carbonyl (C=O) groups is 1. The van der Waals surface area contributed by atoms with Crippen molar-refractivity contribution >= 4 is 5.97 Å². The van der Waals surface area contributed by atoms with Gasteiger partial charge < -0.3 is 14.6 Å². The molecule has 0 aromatic carbocycles. The van der Waals surface area contributed by atoms with Gasteiger partial charge in [0.25, 0.3) is 0 Å². The maximum atomic E-state index is 11.8. The fourth-order valence-electron chi connectivity index (χ4n) is 6.29. The van der Waals surface area contributed by atoms with E-state index in [1.807, 2.05) is 38.1 Å². The van der Waals surface area contributed by atoms with Crippen molar-refractivity contribution < 1.29 is 19.4 Å². The second kappa shape index (κ2) is 33.7. The maximum Gasteiger partial charge on any atom is 0.305 e. The van der Waals surface area contributed by atoms with Crippen molar-refractivity contribution in [2.75, 3.05) is 27.3 Å². The van der Waals surface area contributed by atoms with Gasteiger partial charge in [0.1, 0.15) is 0 Å². The Morgan fingerprint density at radius 2 is 0.962 bits per heavy atom. The van der Waals surface area contributed by atoms with Crippen molar-refractivity contribution in [1.82, 2.24) is 9.88 Å². The van der Waals surface area contributed by atoms with Crippen molar-refractivity contribution in [2.24, 2.45) is 0 Å². The van der Waals surface area contributed by atoms with Crippen LogP contribution in [0.2, 0.25) is 0 Å². The van der Waals surface area contributed by atoms with Crippen LogP contribution in [0.25, 0.3) is 0 Å². The molecule has 0 saturated heterocycles. The van der Waals surface area contributed by atoms with Gasteiger partial charge in [0, 0.05) is 12.1 Å². The number of nitrogens with zero attached hydrogens (tertiary/aromatic N) is 2. The van der Waals surface area contributed by atoms with Crippen LogP contribution in [-0.2, 0) is 10.3 Å². The molecule has 6 nitrogen and oxygen atoms in total. The molecule has 1 aromatic heterocycles. The number of carboxylic acids is 1. The van der Waals surface area contributed by atoms with E-state index in [1.165, 1.54) is 116 Å². The van der Waals surface area contributed by atoms with Crippen molar-refractivity contribution in [3.63, 3.8) is 0 Å². The van der Waals surface area contributed by atoms with Crippen LogP contribution in [0.3, 0.4) is 0 Å². The molecule has 1 atom stereocenters. The van der Waals surface area contributed by atoms with Crippen molar-refractivity contribution in [2.45, 2.75) is 187 Å². The summed E-state index contributed by atoms with van der Waals surface area (Å²) < 4.78 is 12.3. The van der Waals surface area contributed by atoms with Crippen LogP contribution < -0.4 is 9.47 Å². The number of ether oxygens (including phenoxy) is 2. The number of aliphatic carboxylic acids is 1. The number of hydrogen-bond donors (Lipinski definition) is 1. The van der Waals surface area contributed by atoms with E-state index in [9.17, 15) is 9.90 Å². The molecule has 1 unspecified atom stereocenters. The molecule has 53 heavy (non-hydrogen) atoms. The first-order valence-electron chi connectivity index (χ1n) is 21.6. The third-order valence-corrected chi connectivity index (χ3v) is 10.1. The Bertz CT molecular complexity index is 1070. The summed E-state index contributed by atoms with van der Waals surface area (Å²) in [6, 6.07) is 3.79. The summed E-state index contributed by atoms with van der Waals surface area (Å²) >= 11 is 0. The molecule has 0 spiro atoms. The van der Waals surface area contributed by atoms with Crippen LogP contribution in [0.1, 0.15) is 187 Å². The lowest BCUT2D eigenvalue weighted by Gasteiger charge is -2.36. The molecule has 6 heteroatoms. The third kappa shape index (κ3) is 26.5. The predicted molar refractivity (Wildman–Crippen MR) is 227 cm³/mol. The van der Waals surface area contributed by atoms with Crippen LogP contribution in [0.4, 0.5) is 0 Å². The van der Waals surface area contributed by atoms with E-state index in [0.29, 0.717) is 25.0 Å². The van der Waals surface area contributed by atoms with Crippen LogP contribution in [-0.4, -0.2) is 48.3 Å². The minimum Gasteiger partial charge on any atom is -0.481 e. The van der Waals surface area contributed by atoms with E-state index in [2.05, 4.69) is 67.4 Å². The highest BCUT2D eigenvalue weighted by molar-refractivity contribution is 5.69. The molecule has 1 aromatic rings. The van der Waals surface area contributed by atoms with Crippen LogP contribution in [0.15, 0.2) is 60.7 Å². The lowest BCUT2D eigenvalue weighted by molar-refractivity contribution is -0.140. The average molecular weight is 737 g/mol. The van der Waals surface area contributed by atoms with E-state index in [0.717, 1.165) is 44.1 Å². The van der Waals surface area contributed by atoms with Gasteiger partial charge in [-0.1, -0.05) is 140 Å². The normalized spacial score (nSPS) is 13.3. The zero-order valence-electron chi connectivity index (χ0n) is 34.9. The first-order chi connectivity index (χ1) is 25.8. The van der Waals surface area contributed by atoms with Crippen molar-refractivity contribution in [3.05, 3.63) is 66.3 Å². The van der Waals surface area contributed by atoms with Crippen LogP contribution in [0.5, 0.6) is 11.8 Å². The highest BCUT2D eigenvalue weighted by Crippen LogP contribution is 2.34. The molecule has 1 heterocycles. The second-order valence-electron chi connectivity index (χ2n) is 15.1. The lowest BCUT2D eigenvalue weighted by Crippen LogP contribution is -2.40. The van der Waals surface area contributed by atoms with Gasteiger partial charge in [-0.25, -0.2) is 0 Å². The topological polar surface area (TPSA) is 71.9 Å². The Labute approximate surface area is 326 Å². The monoisotopic (exact) mass is 737 g/mol. The molecule has 1 rings (SSSR count). The second-order valence-corrected chi connectivity index (χ2v) is 15.1. The zero-order valence-corrected chi connectivity index (χ0v) is 34.9. The minimum absolute atomic E-state index is 0.0270. The average Bonchev–Trinajstić information content (AvgIpc) is 3.13. The largest absolute Gasteiger partial charge is 0.481 e. The number of unbranched alkanes of at least 4 members (excludes halogenated alkanes) is 18. The first kappa shape index (κ1) is 48.2. The summed E-state index contributed by atoms with van der Waals surface area (Å²) in [5, 5.41) is 9.71. The van der Waals surface area contributed by atoms with E-state index in [-0.39, 0.29) is 6.42 Å². The Kier molecular flexibility index (Phi) is 30.6. The molecular formula is C47H80N2O4. The molecule has 302 valence electrons. The van der Waals surface area contributed by atoms with Crippen molar-refractivity contribution in [3.8, 4) is 11.8 Å². The van der Waals surface area contributed by atoms with Crippen LogP contribution >= 0.6 is 0 Å². The van der Waals surface area contributed by atoms with Crippen LogP contribution in [0, 0.1) is 0 Å². The molecule has 0 bridgehead atoms. The SMILES string of the molecule is CCCCC/C=C\C/C=C\CCCCCCCCOc1cc(C(C)(CC(=O)O)N(C)C)cc(OCCCCCCCC/C=C\C/C=C\CCCCC)n1. The highest BCUT2D eigenvalue weighted by atomic mass is 16.5. The fourth-order valence-corrected chi connectivity index (χ4v) is 6.29. The molecule has 0 aliphatic carbocycles. The van der Waals surface area contributed by atoms with E-state index < -0.39 is 11.5 Å². The molecule has 0 aliphatic heterocycles. The molecule has 0 amide bonds. The van der Waals surface area contributed by atoms with Gasteiger partial charge >= 0.3 is 5.97 Å². The Morgan fingerprint density at radius 3 is 1.32 bits per heavy atom. The van der Waals surface area contributed by atoms with Gasteiger partial charge in [-0.3, -0.25) is 9.69 Å². The Balaban J connectivity index is 2.40. The van der Waals surface area contributed by atoms with Gasteiger partial charge in [-0.05, 0) is 104 Å². The van der Waals surface area contributed by atoms with Gasteiger partial charge in [0.2, 0.25) is 11.8 Å². The number of hydrogen-bond acceptors (Lipinski definition) is 5. The number of aromatic nitrogens is 1.